The van der Waals surface area contributed by atoms with Crippen molar-refractivity contribution in [1.82, 2.24) is 10.2 Å². The van der Waals surface area contributed by atoms with Gasteiger partial charge in [-0.15, -0.1) is 0 Å². The van der Waals surface area contributed by atoms with E-state index in [0.717, 1.165) is 43.1 Å². The fourth-order valence-corrected chi connectivity index (χ4v) is 4.06. The molecule has 2 atom stereocenters. The molecule has 1 aliphatic heterocycles. The Kier molecular flexibility index (Phi) is 5.97. The van der Waals surface area contributed by atoms with Crippen LogP contribution in [0.1, 0.15) is 37.7 Å². The van der Waals surface area contributed by atoms with Gasteiger partial charge in [0.05, 0.1) is 5.92 Å². The van der Waals surface area contributed by atoms with Crippen LogP contribution in [0.3, 0.4) is 0 Å². The van der Waals surface area contributed by atoms with Crippen LogP contribution in [0, 0.1) is 11.8 Å². The van der Waals surface area contributed by atoms with E-state index in [9.17, 15) is 9.59 Å². The van der Waals surface area contributed by atoms with Crippen molar-refractivity contribution in [3.05, 3.63) is 34.9 Å². The summed E-state index contributed by atoms with van der Waals surface area (Å²) < 4.78 is 0. The summed E-state index contributed by atoms with van der Waals surface area (Å²) in [4.78, 5) is 25.7. The summed E-state index contributed by atoms with van der Waals surface area (Å²) in [6.45, 7) is 2.69. The van der Waals surface area contributed by atoms with Gasteiger partial charge in [0.15, 0.2) is 0 Å². The van der Waals surface area contributed by atoms with E-state index in [1.807, 2.05) is 18.2 Å². The Balaban J connectivity index is 1.43. The maximum atomic E-state index is 12.4. The van der Waals surface area contributed by atoms with Crippen LogP contribution in [0.15, 0.2) is 24.3 Å². The molecule has 6 heteroatoms. The highest BCUT2D eigenvalue weighted by atomic mass is 35.5. The number of nitrogens with one attached hydrogen (secondary N) is 1. The Bertz CT molecular complexity index is 629. The number of carboxylic acid groups (broad SMARTS) is 1. The minimum atomic E-state index is -0.775. The number of carbonyl (C=O) groups excluding carboxylic acids is 1. The molecule has 1 saturated carbocycles. The molecule has 1 aromatic rings. The normalized spacial score (nSPS) is 25.0. The average Bonchev–Trinajstić information content (AvgIpc) is 3.09. The van der Waals surface area contributed by atoms with E-state index >= 15 is 0 Å². The molecule has 1 aliphatic carbocycles. The van der Waals surface area contributed by atoms with E-state index in [1.54, 1.807) is 0 Å². The van der Waals surface area contributed by atoms with Crippen LogP contribution in [-0.4, -0.2) is 41.0 Å². The van der Waals surface area contributed by atoms with Crippen molar-refractivity contribution in [2.24, 2.45) is 11.8 Å². The molecule has 25 heavy (non-hydrogen) atoms. The molecule has 3 rings (SSSR count). The van der Waals surface area contributed by atoms with Crippen molar-refractivity contribution in [2.75, 3.05) is 13.1 Å². The Hall–Kier alpha value is -1.59. The van der Waals surface area contributed by atoms with Gasteiger partial charge < -0.3 is 10.4 Å². The Labute approximate surface area is 153 Å². The molecule has 0 aromatic heterocycles. The van der Waals surface area contributed by atoms with Crippen LogP contribution in [0.25, 0.3) is 0 Å². The summed E-state index contributed by atoms with van der Waals surface area (Å²) >= 11 is 6.22. The number of carbonyl (C=O) groups is 2. The summed E-state index contributed by atoms with van der Waals surface area (Å²) in [5.41, 5.74) is 1.14. The van der Waals surface area contributed by atoms with Crippen molar-refractivity contribution in [2.45, 2.75) is 44.7 Å². The van der Waals surface area contributed by atoms with E-state index in [2.05, 4.69) is 16.3 Å². The molecule has 5 nitrogen and oxygen atoms in total. The highest BCUT2D eigenvalue weighted by Crippen LogP contribution is 2.31. The first-order chi connectivity index (χ1) is 12.0. The maximum Gasteiger partial charge on any atom is 0.306 e. The highest BCUT2D eigenvalue weighted by molar-refractivity contribution is 6.31. The number of carboxylic acids is 1. The lowest BCUT2D eigenvalue weighted by Crippen LogP contribution is -2.45. The molecular weight excluding hydrogens is 340 g/mol. The first-order valence-electron chi connectivity index (χ1n) is 9.02. The molecule has 1 aromatic carbocycles. The molecule has 1 amide bonds. The van der Waals surface area contributed by atoms with Gasteiger partial charge in [-0.2, -0.15) is 0 Å². The van der Waals surface area contributed by atoms with E-state index in [0.29, 0.717) is 19.3 Å². The van der Waals surface area contributed by atoms with Gasteiger partial charge in [0.25, 0.3) is 0 Å². The third kappa shape index (κ3) is 4.73. The quantitative estimate of drug-likeness (QED) is 0.842. The van der Waals surface area contributed by atoms with Crippen LogP contribution in [0.4, 0.5) is 0 Å². The van der Waals surface area contributed by atoms with Gasteiger partial charge in [-0.3, -0.25) is 14.5 Å². The number of rotatable bonds is 5. The topological polar surface area (TPSA) is 69.6 Å². The SMILES string of the molecule is O=C(O)[C@@H]1CC[C@H](C(=O)NC2CCN(Cc3ccccc3Cl)CC2)C1. The number of amides is 1. The van der Waals surface area contributed by atoms with Crippen LogP contribution in [0.2, 0.25) is 5.02 Å². The minimum absolute atomic E-state index is 0.0355. The van der Waals surface area contributed by atoms with Crippen LogP contribution < -0.4 is 5.32 Å². The van der Waals surface area contributed by atoms with Crippen LogP contribution in [0.5, 0.6) is 0 Å². The van der Waals surface area contributed by atoms with Gasteiger partial charge in [0.2, 0.25) is 5.91 Å². The molecule has 1 heterocycles. The number of nitrogens with zero attached hydrogens (tertiary/aromatic N) is 1. The minimum Gasteiger partial charge on any atom is -0.481 e. The summed E-state index contributed by atoms with van der Waals surface area (Å²) in [7, 11) is 0. The van der Waals surface area contributed by atoms with Crippen LogP contribution >= 0.6 is 11.6 Å². The predicted molar refractivity (Wildman–Crippen MR) is 96.4 cm³/mol. The third-order valence-corrected chi connectivity index (χ3v) is 5.81. The lowest BCUT2D eigenvalue weighted by atomic mass is 10.0. The van der Waals surface area contributed by atoms with Crippen molar-refractivity contribution < 1.29 is 14.7 Å². The van der Waals surface area contributed by atoms with E-state index < -0.39 is 5.97 Å². The second-order valence-electron chi connectivity index (χ2n) is 7.20. The molecule has 1 saturated heterocycles. The van der Waals surface area contributed by atoms with Gasteiger partial charge >= 0.3 is 5.97 Å². The summed E-state index contributed by atoms with van der Waals surface area (Å²) in [6, 6.07) is 8.09. The number of hydrogen-bond acceptors (Lipinski definition) is 3. The van der Waals surface area contributed by atoms with Gasteiger partial charge in [0.1, 0.15) is 0 Å². The van der Waals surface area contributed by atoms with Gasteiger partial charge in [-0.1, -0.05) is 29.8 Å². The number of aliphatic carboxylic acids is 1. The summed E-state index contributed by atoms with van der Waals surface area (Å²) in [5.74, 6) is -1.23. The molecule has 0 radical (unpaired) electrons. The number of benzene rings is 1. The van der Waals surface area contributed by atoms with Crippen LogP contribution in [-0.2, 0) is 16.1 Å². The fraction of sp³-hybridized carbons (Fsp3) is 0.579. The zero-order chi connectivity index (χ0) is 17.8. The number of halogens is 1. The zero-order valence-electron chi connectivity index (χ0n) is 14.3. The molecule has 2 N–H and O–H groups in total. The largest absolute Gasteiger partial charge is 0.481 e. The summed E-state index contributed by atoms with van der Waals surface area (Å²) in [5, 5.41) is 13.0. The lowest BCUT2D eigenvalue weighted by Gasteiger charge is -2.33. The van der Waals surface area contributed by atoms with Gasteiger partial charge in [-0.05, 0) is 43.7 Å². The Morgan fingerprint density at radius 3 is 2.44 bits per heavy atom. The van der Waals surface area contributed by atoms with E-state index in [4.69, 9.17) is 16.7 Å². The Morgan fingerprint density at radius 2 is 1.80 bits per heavy atom. The van der Waals surface area contributed by atoms with E-state index in [1.165, 1.54) is 0 Å². The maximum absolute atomic E-state index is 12.4. The molecule has 0 spiro atoms. The number of piperidine rings is 1. The molecule has 0 unspecified atom stereocenters. The first-order valence-corrected chi connectivity index (χ1v) is 9.39. The van der Waals surface area contributed by atoms with Gasteiger partial charge in [0, 0.05) is 36.6 Å². The second-order valence-corrected chi connectivity index (χ2v) is 7.60. The summed E-state index contributed by atoms with van der Waals surface area (Å²) in [6.07, 6.45) is 3.63. The number of likely N-dealkylation sites (tertiary alicyclic amines) is 1. The third-order valence-electron chi connectivity index (χ3n) is 5.44. The second kappa shape index (κ2) is 8.19. The molecular formula is C19H25ClN2O3. The molecule has 0 bridgehead atoms. The highest BCUT2D eigenvalue weighted by Gasteiger charge is 2.34. The zero-order valence-corrected chi connectivity index (χ0v) is 15.0. The number of hydrogen-bond donors (Lipinski definition) is 2. The molecule has 2 fully saturated rings. The van der Waals surface area contributed by atoms with Crippen molar-refractivity contribution in [1.29, 1.82) is 0 Å². The first kappa shape index (κ1) is 18.2. The smallest absolute Gasteiger partial charge is 0.306 e. The van der Waals surface area contributed by atoms with E-state index in [-0.39, 0.29) is 23.8 Å². The van der Waals surface area contributed by atoms with Crippen molar-refractivity contribution in [3.8, 4) is 0 Å². The molecule has 2 aliphatic rings. The molecule has 136 valence electrons. The standard InChI is InChI=1S/C19H25ClN2O3/c20-17-4-2-1-3-15(17)12-22-9-7-16(8-10-22)21-18(23)13-5-6-14(11-13)19(24)25/h1-4,13-14,16H,5-12H2,(H,21,23)(H,24,25)/t13-,14+/m0/s1. The fourth-order valence-electron chi connectivity index (χ4n) is 3.87. The Morgan fingerprint density at radius 1 is 1.12 bits per heavy atom. The average molecular weight is 365 g/mol. The lowest BCUT2D eigenvalue weighted by molar-refractivity contribution is -0.141. The predicted octanol–water partition coefficient (Wildman–Crippen LogP) is 2.92. The van der Waals surface area contributed by atoms with Crippen molar-refractivity contribution >= 4 is 23.5 Å². The van der Waals surface area contributed by atoms with Gasteiger partial charge in [-0.25, -0.2) is 0 Å². The monoisotopic (exact) mass is 364 g/mol. The van der Waals surface area contributed by atoms with Crippen molar-refractivity contribution in [3.63, 3.8) is 0 Å².